The first-order chi connectivity index (χ1) is 3.68. The fourth-order valence-corrected chi connectivity index (χ4v) is 2.48. The van der Waals surface area contributed by atoms with Crippen molar-refractivity contribution >= 4 is 22.1 Å². The minimum absolute atomic E-state index is 0.173. The van der Waals surface area contributed by atoms with Crippen LogP contribution in [0, 0.1) is 0 Å². The molecule has 1 unspecified atom stereocenters. The van der Waals surface area contributed by atoms with Gasteiger partial charge in [-0.05, 0) is 18.4 Å². The fourth-order valence-electron chi connectivity index (χ4n) is 0.472. The third kappa shape index (κ3) is 3.86. The Hall–Kier alpha value is 0.910. The van der Waals surface area contributed by atoms with Gasteiger partial charge in [0.15, 0.2) is 0 Å². The molecular formula is C6H14BrP. The summed E-state index contributed by atoms with van der Waals surface area (Å²) in [6.07, 6.45) is 2.68. The van der Waals surface area contributed by atoms with Gasteiger partial charge in [-0.2, -0.15) is 0 Å². The molecule has 8 heavy (non-hydrogen) atoms. The number of rotatable bonds is 3. The van der Waals surface area contributed by atoms with Crippen molar-refractivity contribution in [2.75, 3.05) is 6.16 Å². The largest absolute Gasteiger partial charge is 0.0650 e. The molecule has 0 aliphatic rings. The Morgan fingerprint density at radius 3 is 2.12 bits per heavy atom. The Balaban J connectivity index is 3.17. The van der Waals surface area contributed by atoms with Gasteiger partial charge in [-0.1, -0.05) is 42.7 Å². The van der Waals surface area contributed by atoms with E-state index in [0.717, 1.165) is 5.66 Å². The van der Waals surface area contributed by atoms with E-state index >= 15 is 0 Å². The zero-order chi connectivity index (χ0) is 6.57. The van der Waals surface area contributed by atoms with Crippen LogP contribution >= 0.6 is 22.1 Å². The molecule has 0 aliphatic heterocycles. The van der Waals surface area contributed by atoms with Crippen LogP contribution in [0.4, 0.5) is 0 Å². The van der Waals surface area contributed by atoms with E-state index < -0.39 is 0 Å². The van der Waals surface area contributed by atoms with Crippen molar-refractivity contribution in [2.45, 2.75) is 32.9 Å². The van der Waals surface area contributed by atoms with Gasteiger partial charge in [0.2, 0.25) is 0 Å². The minimum Gasteiger partial charge on any atom is -0.0650 e. The molecule has 2 heteroatoms. The maximum Gasteiger partial charge on any atom is -0.0168 e. The van der Waals surface area contributed by atoms with Crippen LogP contribution in [0.1, 0.15) is 27.2 Å². The molecule has 0 amide bonds. The standard InChI is InChI=1S/C6H14BrP/c1-4-5-8(7)6(2)3/h6H,4-5H2,1-3H3. The van der Waals surface area contributed by atoms with Crippen molar-refractivity contribution in [1.82, 2.24) is 0 Å². The van der Waals surface area contributed by atoms with E-state index in [-0.39, 0.29) is 6.62 Å². The third-order valence-corrected chi connectivity index (χ3v) is 6.51. The van der Waals surface area contributed by atoms with E-state index in [1.807, 2.05) is 0 Å². The Morgan fingerprint density at radius 2 is 2.00 bits per heavy atom. The molecule has 0 saturated heterocycles. The number of halogens is 1. The van der Waals surface area contributed by atoms with Crippen LogP contribution < -0.4 is 0 Å². The van der Waals surface area contributed by atoms with Gasteiger partial charge in [0.25, 0.3) is 0 Å². The van der Waals surface area contributed by atoms with E-state index in [1.54, 1.807) is 0 Å². The van der Waals surface area contributed by atoms with Crippen molar-refractivity contribution in [1.29, 1.82) is 0 Å². The summed E-state index contributed by atoms with van der Waals surface area (Å²) in [5.74, 6) is 0. The van der Waals surface area contributed by atoms with E-state index in [1.165, 1.54) is 12.6 Å². The van der Waals surface area contributed by atoms with Gasteiger partial charge < -0.3 is 0 Å². The van der Waals surface area contributed by atoms with Gasteiger partial charge >= 0.3 is 0 Å². The van der Waals surface area contributed by atoms with E-state index in [4.69, 9.17) is 0 Å². The van der Waals surface area contributed by atoms with Crippen LogP contribution in [0.15, 0.2) is 0 Å². The molecule has 0 aromatic rings. The summed E-state index contributed by atoms with van der Waals surface area (Å²) >= 11 is 3.67. The van der Waals surface area contributed by atoms with Gasteiger partial charge in [-0.3, -0.25) is 0 Å². The summed E-state index contributed by atoms with van der Waals surface area (Å²) in [6, 6.07) is 0. The van der Waals surface area contributed by atoms with Gasteiger partial charge in [0, 0.05) is 0 Å². The summed E-state index contributed by atoms with van der Waals surface area (Å²) < 4.78 is 0. The first-order valence-electron chi connectivity index (χ1n) is 3.11. The summed E-state index contributed by atoms with van der Waals surface area (Å²) in [5, 5.41) is 0. The molecule has 0 rings (SSSR count). The molecule has 0 radical (unpaired) electrons. The zero-order valence-corrected chi connectivity index (χ0v) is 8.30. The van der Waals surface area contributed by atoms with Crippen LogP contribution in [-0.4, -0.2) is 11.8 Å². The summed E-state index contributed by atoms with van der Waals surface area (Å²) in [7, 11) is 0. The molecule has 0 bridgehead atoms. The fraction of sp³-hybridized carbons (Fsp3) is 1.00. The van der Waals surface area contributed by atoms with Crippen LogP contribution in [0.25, 0.3) is 0 Å². The Bertz CT molecular complexity index is 54.5. The molecule has 50 valence electrons. The summed E-state index contributed by atoms with van der Waals surface area (Å²) in [6.45, 7) is 6.96. The smallest absolute Gasteiger partial charge is 0.0168 e. The van der Waals surface area contributed by atoms with Gasteiger partial charge in [-0.25, -0.2) is 0 Å². The average molecular weight is 197 g/mol. The lowest BCUT2D eigenvalue weighted by Crippen LogP contribution is -1.89. The topological polar surface area (TPSA) is 0 Å². The maximum atomic E-state index is 3.67. The van der Waals surface area contributed by atoms with Gasteiger partial charge in [0.05, 0.1) is 0 Å². The number of hydrogen-bond acceptors (Lipinski definition) is 0. The van der Waals surface area contributed by atoms with Crippen LogP contribution in [-0.2, 0) is 0 Å². The van der Waals surface area contributed by atoms with Crippen molar-refractivity contribution in [3.05, 3.63) is 0 Å². The quantitative estimate of drug-likeness (QED) is 0.606. The highest BCUT2D eigenvalue weighted by molar-refractivity contribution is 9.39. The maximum absolute atomic E-state index is 3.67. The Kier molecular flexibility index (Phi) is 5.30. The van der Waals surface area contributed by atoms with Crippen molar-refractivity contribution in [3.8, 4) is 0 Å². The molecule has 0 N–H and O–H groups in total. The highest BCUT2D eigenvalue weighted by Crippen LogP contribution is 2.48. The van der Waals surface area contributed by atoms with Crippen molar-refractivity contribution in [2.24, 2.45) is 0 Å². The average Bonchev–Trinajstić information content (AvgIpc) is 1.67. The molecule has 0 aliphatic carbocycles. The number of hydrogen-bond donors (Lipinski definition) is 0. The second kappa shape index (κ2) is 4.76. The first-order valence-corrected chi connectivity index (χ1v) is 6.72. The highest BCUT2D eigenvalue weighted by atomic mass is 79.9. The lowest BCUT2D eigenvalue weighted by atomic mass is 10.6. The van der Waals surface area contributed by atoms with E-state index in [9.17, 15) is 0 Å². The third-order valence-electron chi connectivity index (χ3n) is 0.998. The predicted molar refractivity (Wildman–Crippen MR) is 46.1 cm³/mol. The van der Waals surface area contributed by atoms with E-state index in [2.05, 4.69) is 36.3 Å². The first kappa shape index (κ1) is 8.91. The molecule has 0 saturated carbocycles. The lowest BCUT2D eigenvalue weighted by Gasteiger charge is -2.11. The molecule has 0 heterocycles. The SMILES string of the molecule is CCCP(Br)C(C)C. The molecule has 0 aromatic carbocycles. The Morgan fingerprint density at radius 1 is 1.50 bits per heavy atom. The van der Waals surface area contributed by atoms with Crippen molar-refractivity contribution in [3.63, 3.8) is 0 Å². The highest BCUT2D eigenvalue weighted by Gasteiger charge is 2.04. The summed E-state index contributed by atoms with van der Waals surface area (Å²) in [5.41, 5.74) is 0.852. The van der Waals surface area contributed by atoms with Gasteiger partial charge in [-0.15, -0.1) is 0 Å². The van der Waals surface area contributed by atoms with Gasteiger partial charge in [0.1, 0.15) is 0 Å². The van der Waals surface area contributed by atoms with Crippen molar-refractivity contribution < 1.29 is 0 Å². The molecule has 0 spiro atoms. The molecule has 0 fully saturated rings. The molecule has 0 nitrogen and oxygen atoms in total. The minimum atomic E-state index is 0.173. The predicted octanol–water partition coefficient (Wildman–Crippen LogP) is 3.60. The molecule has 1 atom stereocenters. The second-order valence-electron chi connectivity index (χ2n) is 2.22. The monoisotopic (exact) mass is 196 g/mol. The zero-order valence-electron chi connectivity index (χ0n) is 5.82. The normalized spacial score (nSPS) is 14.6. The molecule has 0 aromatic heterocycles. The molecular weight excluding hydrogens is 183 g/mol. The Labute approximate surface area is 61.5 Å². The lowest BCUT2D eigenvalue weighted by molar-refractivity contribution is 1.05. The van der Waals surface area contributed by atoms with Crippen LogP contribution in [0.2, 0.25) is 0 Å². The van der Waals surface area contributed by atoms with E-state index in [0.29, 0.717) is 0 Å². The van der Waals surface area contributed by atoms with Crippen LogP contribution in [0.5, 0.6) is 0 Å². The second-order valence-corrected chi connectivity index (χ2v) is 7.23. The summed E-state index contributed by atoms with van der Waals surface area (Å²) in [4.78, 5) is 0. The van der Waals surface area contributed by atoms with Crippen LogP contribution in [0.3, 0.4) is 0 Å².